The Balaban J connectivity index is 2.79. The topological polar surface area (TPSA) is 123 Å². The molecule has 0 heterocycles. The summed E-state index contributed by atoms with van der Waals surface area (Å²) >= 11 is 0. The highest BCUT2D eigenvalue weighted by Gasteiger charge is 2.19. The molecule has 0 saturated heterocycles. The second-order valence-corrected chi connectivity index (χ2v) is 5.77. The van der Waals surface area contributed by atoms with Gasteiger partial charge in [-0.25, -0.2) is 9.59 Å². The van der Waals surface area contributed by atoms with E-state index in [1.165, 1.54) is 39.5 Å². The van der Waals surface area contributed by atoms with Crippen molar-refractivity contribution in [2.45, 2.75) is 0 Å². The lowest BCUT2D eigenvalue weighted by atomic mass is 9.97. The first-order chi connectivity index (χ1) is 13.8. The Morgan fingerprint density at radius 1 is 0.759 bits per heavy atom. The van der Waals surface area contributed by atoms with Gasteiger partial charge in [0.25, 0.3) is 0 Å². The second-order valence-electron chi connectivity index (χ2n) is 5.77. The summed E-state index contributed by atoms with van der Waals surface area (Å²) in [6.07, 6.45) is 4.65. The Bertz CT molecular complexity index is 989. The average molecular weight is 400 g/mol. The predicted molar refractivity (Wildman–Crippen MR) is 107 cm³/mol. The summed E-state index contributed by atoms with van der Waals surface area (Å²) in [6.45, 7) is 0. The molecule has 0 aliphatic heterocycles. The fourth-order valence-electron chi connectivity index (χ4n) is 2.70. The summed E-state index contributed by atoms with van der Waals surface area (Å²) in [7, 11) is 4.22. The number of carbonyl (C=O) groups is 2. The maximum atomic E-state index is 10.9. The van der Waals surface area contributed by atoms with Gasteiger partial charge < -0.3 is 29.5 Å². The van der Waals surface area contributed by atoms with E-state index in [1.54, 1.807) is 18.2 Å². The number of benzene rings is 2. The fraction of sp³-hybridized carbons (Fsp3) is 0.143. The van der Waals surface area contributed by atoms with Crippen LogP contribution < -0.4 is 14.2 Å². The van der Waals surface area contributed by atoms with Gasteiger partial charge in [-0.3, -0.25) is 0 Å². The average Bonchev–Trinajstić information content (AvgIpc) is 2.70. The molecule has 0 atom stereocenters. The van der Waals surface area contributed by atoms with Crippen LogP contribution in [0.4, 0.5) is 0 Å². The van der Waals surface area contributed by atoms with Crippen LogP contribution in [0.3, 0.4) is 0 Å². The van der Waals surface area contributed by atoms with Crippen molar-refractivity contribution in [3.8, 4) is 34.1 Å². The fourth-order valence-corrected chi connectivity index (χ4v) is 2.70. The molecule has 8 nitrogen and oxygen atoms in total. The molecule has 8 heteroatoms. The number of aliphatic carboxylic acids is 2. The standard InChI is InChI=1S/C21H20O8/c1-27-16-10-12(4-6-18(22)23)8-14(20(16)26)15-9-13(5-7-19(24)25)11-17(28-2)21(15)29-3/h4-11,26H,1-3H3,(H,22,23)(H,24,25)/b6-4+,7-5-. The van der Waals surface area contributed by atoms with Crippen molar-refractivity contribution in [2.75, 3.05) is 21.3 Å². The molecule has 0 fully saturated rings. The Hall–Kier alpha value is -3.94. The largest absolute Gasteiger partial charge is 0.504 e. The second kappa shape index (κ2) is 9.32. The Labute approximate surface area is 166 Å². The lowest BCUT2D eigenvalue weighted by Crippen LogP contribution is -1.97. The van der Waals surface area contributed by atoms with Gasteiger partial charge in [0.1, 0.15) is 0 Å². The third-order valence-corrected chi connectivity index (χ3v) is 3.95. The van der Waals surface area contributed by atoms with Crippen LogP contribution in [0.5, 0.6) is 23.0 Å². The first kappa shape index (κ1) is 21.4. The summed E-state index contributed by atoms with van der Waals surface area (Å²) in [6, 6.07) is 6.24. The highest BCUT2D eigenvalue weighted by molar-refractivity contribution is 5.89. The lowest BCUT2D eigenvalue weighted by Gasteiger charge is -2.17. The number of phenols is 1. The van der Waals surface area contributed by atoms with Gasteiger partial charge >= 0.3 is 11.9 Å². The number of hydrogen-bond donors (Lipinski definition) is 3. The minimum Gasteiger partial charge on any atom is -0.504 e. The van der Waals surface area contributed by atoms with E-state index in [-0.39, 0.29) is 17.1 Å². The molecule has 0 aliphatic rings. The van der Waals surface area contributed by atoms with Gasteiger partial charge in [0.05, 0.1) is 21.3 Å². The third-order valence-electron chi connectivity index (χ3n) is 3.95. The van der Waals surface area contributed by atoms with Gasteiger partial charge in [-0.1, -0.05) is 0 Å². The van der Waals surface area contributed by atoms with Crippen LogP contribution in [-0.4, -0.2) is 48.6 Å². The Kier molecular flexibility index (Phi) is 6.86. The molecule has 0 amide bonds. The molecular weight excluding hydrogens is 380 g/mol. The van der Waals surface area contributed by atoms with Crippen molar-refractivity contribution < 1.29 is 39.1 Å². The van der Waals surface area contributed by atoms with Crippen molar-refractivity contribution >= 4 is 24.1 Å². The predicted octanol–water partition coefficient (Wildman–Crippen LogP) is 3.28. The number of rotatable bonds is 8. The van der Waals surface area contributed by atoms with Gasteiger partial charge in [0.15, 0.2) is 23.0 Å². The number of aromatic hydroxyl groups is 1. The number of methoxy groups -OCH3 is 3. The molecule has 0 spiro atoms. The van der Waals surface area contributed by atoms with E-state index < -0.39 is 11.9 Å². The number of ether oxygens (including phenoxy) is 3. The third kappa shape index (κ3) is 5.07. The minimum absolute atomic E-state index is 0.125. The minimum atomic E-state index is -1.13. The summed E-state index contributed by atoms with van der Waals surface area (Å²) < 4.78 is 16.0. The zero-order valence-corrected chi connectivity index (χ0v) is 16.0. The van der Waals surface area contributed by atoms with E-state index in [2.05, 4.69) is 0 Å². The quantitative estimate of drug-likeness (QED) is 0.577. The van der Waals surface area contributed by atoms with Gasteiger partial charge in [0.2, 0.25) is 0 Å². The maximum absolute atomic E-state index is 10.9. The van der Waals surface area contributed by atoms with E-state index in [0.29, 0.717) is 28.2 Å². The Morgan fingerprint density at radius 3 is 1.69 bits per heavy atom. The monoisotopic (exact) mass is 400 g/mol. The van der Waals surface area contributed by atoms with Gasteiger partial charge in [-0.15, -0.1) is 0 Å². The molecule has 0 saturated carbocycles. The van der Waals surface area contributed by atoms with Gasteiger partial charge in [-0.2, -0.15) is 0 Å². The zero-order chi connectivity index (χ0) is 21.6. The molecule has 0 aliphatic carbocycles. The van der Waals surface area contributed by atoms with Crippen molar-refractivity contribution in [2.24, 2.45) is 0 Å². The summed E-state index contributed by atoms with van der Waals surface area (Å²) in [5.41, 5.74) is 1.64. The molecule has 29 heavy (non-hydrogen) atoms. The van der Waals surface area contributed by atoms with Crippen LogP contribution in [0.15, 0.2) is 36.4 Å². The molecule has 0 bridgehead atoms. The number of hydrogen-bond acceptors (Lipinski definition) is 6. The van der Waals surface area contributed by atoms with E-state index in [4.69, 9.17) is 24.4 Å². The summed E-state index contributed by atoms with van der Waals surface area (Å²) in [5.74, 6) is -1.69. The molecule has 0 aromatic heterocycles. The van der Waals surface area contributed by atoms with Crippen LogP contribution in [0.1, 0.15) is 11.1 Å². The SMILES string of the molecule is COc1cc(/C=C/C(=O)O)cc(-c2cc(/C=C\C(=O)O)cc(OC)c2OC)c1O. The van der Waals surface area contributed by atoms with Crippen molar-refractivity contribution in [3.63, 3.8) is 0 Å². The maximum Gasteiger partial charge on any atom is 0.328 e. The molecule has 2 aromatic rings. The van der Waals surface area contributed by atoms with E-state index >= 15 is 0 Å². The highest BCUT2D eigenvalue weighted by Crippen LogP contribution is 2.46. The molecule has 2 rings (SSSR count). The molecular formula is C21H20O8. The van der Waals surface area contributed by atoms with Crippen LogP contribution in [-0.2, 0) is 9.59 Å². The molecule has 2 aromatic carbocycles. The van der Waals surface area contributed by atoms with Crippen LogP contribution >= 0.6 is 0 Å². The zero-order valence-electron chi connectivity index (χ0n) is 16.0. The first-order valence-corrected chi connectivity index (χ1v) is 8.30. The van der Waals surface area contributed by atoms with Crippen molar-refractivity contribution in [1.29, 1.82) is 0 Å². The van der Waals surface area contributed by atoms with Gasteiger partial charge in [-0.05, 0) is 47.5 Å². The molecule has 0 unspecified atom stereocenters. The smallest absolute Gasteiger partial charge is 0.328 e. The number of phenolic OH excluding ortho intramolecular Hbond substituents is 1. The normalized spacial score (nSPS) is 11.0. The van der Waals surface area contributed by atoms with E-state index in [9.17, 15) is 14.7 Å². The van der Waals surface area contributed by atoms with E-state index in [0.717, 1.165) is 12.2 Å². The van der Waals surface area contributed by atoms with Crippen LogP contribution in [0.2, 0.25) is 0 Å². The summed E-state index contributed by atoms with van der Waals surface area (Å²) in [4.78, 5) is 21.7. The summed E-state index contributed by atoms with van der Waals surface area (Å²) in [5, 5.41) is 28.4. The van der Waals surface area contributed by atoms with Crippen LogP contribution in [0.25, 0.3) is 23.3 Å². The lowest BCUT2D eigenvalue weighted by molar-refractivity contribution is -0.132. The first-order valence-electron chi connectivity index (χ1n) is 8.30. The van der Waals surface area contributed by atoms with Crippen LogP contribution in [0, 0.1) is 0 Å². The van der Waals surface area contributed by atoms with Crippen molar-refractivity contribution in [1.82, 2.24) is 0 Å². The molecule has 0 radical (unpaired) electrons. The van der Waals surface area contributed by atoms with E-state index in [1.807, 2.05) is 0 Å². The molecule has 3 N–H and O–H groups in total. The van der Waals surface area contributed by atoms with Gasteiger partial charge in [0, 0.05) is 23.3 Å². The highest BCUT2D eigenvalue weighted by atomic mass is 16.5. The number of carboxylic acids is 2. The van der Waals surface area contributed by atoms with Crippen molar-refractivity contribution in [3.05, 3.63) is 47.5 Å². The molecule has 152 valence electrons. The number of carboxylic acid groups (broad SMARTS) is 2. The Morgan fingerprint density at radius 2 is 1.24 bits per heavy atom.